The van der Waals surface area contributed by atoms with Crippen LogP contribution in [0.4, 0.5) is 5.82 Å². The lowest BCUT2D eigenvalue weighted by molar-refractivity contribution is -0.116. The summed E-state index contributed by atoms with van der Waals surface area (Å²) in [5, 5.41) is 7.73. The van der Waals surface area contributed by atoms with Crippen molar-refractivity contribution in [1.82, 2.24) is 29.7 Å². The fourth-order valence-corrected chi connectivity index (χ4v) is 4.63. The van der Waals surface area contributed by atoms with Crippen molar-refractivity contribution in [2.75, 3.05) is 11.9 Å². The van der Waals surface area contributed by atoms with Gasteiger partial charge in [-0.3, -0.25) is 4.79 Å². The van der Waals surface area contributed by atoms with Crippen LogP contribution in [0.2, 0.25) is 0 Å². The number of aromatic nitrogens is 6. The summed E-state index contributed by atoms with van der Waals surface area (Å²) in [5.41, 5.74) is 5.29. The topological polar surface area (TPSA) is 111 Å². The Hall–Kier alpha value is -4.53. The number of anilines is 1. The van der Waals surface area contributed by atoms with Crippen molar-refractivity contribution in [3.63, 3.8) is 0 Å². The van der Waals surface area contributed by atoms with Gasteiger partial charge in [-0.1, -0.05) is 42.5 Å². The van der Waals surface area contributed by atoms with Gasteiger partial charge in [-0.25, -0.2) is 15.0 Å². The molecule has 2 N–H and O–H groups in total. The minimum Gasteiger partial charge on any atom is -0.493 e. The van der Waals surface area contributed by atoms with Crippen LogP contribution in [0.15, 0.2) is 67.3 Å². The zero-order valence-corrected chi connectivity index (χ0v) is 19.1. The molecule has 1 aliphatic rings. The predicted molar refractivity (Wildman–Crippen MR) is 131 cm³/mol. The second-order valence-corrected chi connectivity index (χ2v) is 8.52. The summed E-state index contributed by atoms with van der Waals surface area (Å²) < 4.78 is 7.61. The van der Waals surface area contributed by atoms with E-state index in [0.717, 1.165) is 29.0 Å². The number of imidazole rings is 1. The van der Waals surface area contributed by atoms with Gasteiger partial charge >= 0.3 is 0 Å². The minimum absolute atomic E-state index is 0.0678. The van der Waals surface area contributed by atoms with Crippen LogP contribution in [0.5, 0.6) is 5.75 Å². The highest BCUT2D eigenvalue weighted by molar-refractivity contribution is 5.95. The third kappa shape index (κ3) is 3.90. The van der Waals surface area contributed by atoms with Gasteiger partial charge in [0.2, 0.25) is 5.91 Å². The molecule has 1 atom stereocenters. The number of benzene rings is 2. The molecule has 35 heavy (non-hydrogen) atoms. The van der Waals surface area contributed by atoms with Crippen LogP contribution in [0.1, 0.15) is 34.7 Å². The second-order valence-electron chi connectivity index (χ2n) is 8.52. The average molecular weight is 466 g/mol. The summed E-state index contributed by atoms with van der Waals surface area (Å²) in [6.45, 7) is 2.55. The maximum atomic E-state index is 12.7. The van der Waals surface area contributed by atoms with E-state index < -0.39 is 0 Å². The summed E-state index contributed by atoms with van der Waals surface area (Å²) >= 11 is 0. The first-order valence-electron chi connectivity index (χ1n) is 11.5. The molecular weight excluding hydrogens is 442 g/mol. The molecule has 0 saturated carbocycles. The third-order valence-electron chi connectivity index (χ3n) is 6.29. The first kappa shape index (κ1) is 21.0. The predicted octanol–water partition coefficient (Wildman–Crippen LogP) is 3.94. The van der Waals surface area contributed by atoms with Gasteiger partial charge in [0.1, 0.15) is 23.4 Å². The summed E-state index contributed by atoms with van der Waals surface area (Å²) in [4.78, 5) is 28.6. The van der Waals surface area contributed by atoms with Crippen LogP contribution in [-0.4, -0.2) is 42.2 Å². The number of carbonyl (C=O) groups is 1. The Bertz CT molecular complexity index is 1510. The van der Waals surface area contributed by atoms with Crippen LogP contribution in [-0.2, 0) is 11.2 Å². The molecule has 9 heteroatoms. The van der Waals surface area contributed by atoms with E-state index in [2.05, 4.69) is 37.4 Å². The fourth-order valence-electron chi connectivity index (χ4n) is 4.63. The molecule has 0 saturated heterocycles. The van der Waals surface area contributed by atoms with Gasteiger partial charge in [0, 0.05) is 24.3 Å². The van der Waals surface area contributed by atoms with Gasteiger partial charge in [-0.2, -0.15) is 9.78 Å². The number of ether oxygens (including phenoxy) is 1. The maximum absolute atomic E-state index is 12.7. The number of aromatic amines is 1. The molecule has 6 rings (SSSR count). The van der Waals surface area contributed by atoms with E-state index in [-0.39, 0.29) is 11.8 Å². The van der Waals surface area contributed by atoms with Crippen molar-refractivity contribution in [2.24, 2.45) is 0 Å². The van der Waals surface area contributed by atoms with Crippen molar-refractivity contribution in [3.05, 3.63) is 89.6 Å². The Balaban J connectivity index is 1.28. The number of amides is 1. The molecule has 9 nitrogen and oxygen atoms in total. The Kier molecular flexibility index (Phi) is 5.21. The molecule has 1 unspecified atom stereocenters. The van der Waals surface area contributed by atoms with Gasteiger partial charge in [-0.15, -0.1) is 0 Å². The monoisotopic (exact) mass is 465 g/mol. The van der Waals surface area contributed by atoms with Crippen molar-refractivity contribution in [1.29, 1.82) is 0 Å². The average Bonchev–Trinajstić information content (AvgIpc) is 3.49. The molecule has 0 fully saturated rings. The standard InChI is InChI=1S/C26H23N7O2/c1-16-22-20(18-7-9-19(10-8-18)35-12-11-17-5-3-2-4-6-17)13-21(34)31-25(22)33(32-16)26-23-24(28-14-27-23)29-15-30-26/h2-10,14-15,20H,11-13H2,1H3,(H,31,34)(H,27,28,29,30). The van der Waals surface area contributed by atoms with E-state index in [9.17, 15) is 4.79 Å². The molecule has 174 valence electrons. The number of carbonyl (C=O) groups excluding carboxylic acids is 1. The molecule has 0 spiro atoms. The molecule has 0 radical (unpaired) electrons. The van der Waals surface area contributed by atoms with Gasteiger partial charge in [0.25, 0.3) is 0 Å². The van der Waals surface area contributed by atoms with Gasteiger partial charge in [0.15, 0.2) is 11.5 Å². The van der Waals surface area contributed by atoms with E-state index in [1.165, 1.54) is 11.9 Å². The van der Waals surface area contributed by atoms with E-state index in [1.807, 2.05) is 49.4 Å². The molecule has 1 aliphatic heterocycles. The minimum atomic E-state index is -0.120. The van der Waals surface area contributed by atoms with Crippen LogP contribution >= 0.6 is 0 Å². The highest BCUT2D eigenvalue weighted by Crippen LogP contribution is 2.40. The largest absolute Gasteiger partial charge is 0.493 e. The SMILES string of the molecule is Cc1nn(-c2ncnc3nc[nH]c23)c2c1C(c1ccc(OCCc3ccccc3)cc1)CC(=O)N2. The van der Waals surface area contributed by atoms with E-state index >= 15 is 0 Å². The summed E-state index contributed by atoms with van der Waals surface area (Å²) in [5.74, 6) is 1.79. The Morgan fingerprint density at radius 2 is 1.89 bits per heavy atom. The number of hydrogen-bond donors (Lipinski definition) is 2. The molecule has 4 heterocycles. The van der Waals surface area contributed by atoms with Crippen LogP contribution in [0.3, 0.4) is 0 Å². The molecular formula is C26H23N7O2. The van der Waals surface area contributed by atoms with Crippen molar-refractivity contribution < 1.29 is 9.53 Å². The zero-order valence-electron chi connectivity index (χ0n) is 19.1. The molecule has 1 amide bonds. The third-order valence-corrected chi connectivity index (χ3v) is 6.29. The fraction of sp³-hybridized carbons (Fsp3) is 0.192. The van der Waals surface area contributed by atoms with Crippen LogP contribution in [0.25, 0.3) is 17.0 Å². The Morgan fingerprint density at radius 1 is 1.06 bits per heavy atom. The van der Waals surface area contributed by atoms with Crippen molar-refractivity contribution >= 4 is 22.9 Å². The molecule has 3 aromatic heterocycles. The van der Waals surface area contributed by atoms with Crippen molar-refractivity contribution in [3.8, 4) is 11.6 Å². The number of nitrogens with zero attached hydrogens (tertiary/aromatic N) is 5. The van der Waals surface area contributed by atoms with Crippen LogP contribution in [0, 0.1) is 6.92 Å². The summed E-state index contributed by atoms with van der Waals surface area (Å²) in [6, 6.07) is 18.3. The number of aryl methyl sites for hydroxylation is 1. The molecule has 0 aliphatic carbocycles. The lowest BCUT2D eigenvalue weighted by Gasteiger charge is -2.24. The second kappa shape index (κ2) is 8.68. The summed E-state index contributed by atoms with van der Waals surface area (Å²) in [7, 11) is 0. The highest BCUT2D eigenvalue weighted by atomic mass is 16.5. The highest BCUT2D eigenvalue weighted by Gasteiger charge is 2.33. The lowest BCUT2D eigenvalue weighted by Crippen LogP contribution is -2.25. The van der Waals surface area contributed by atoms with E-state index in [0.29, 0.717) is 35.8 Å². The molecule has 0 bridgehead atoms. The number of hydrogen-bond acceptors (Lipinski definition) is 6. The zero-order chi connectivity index (χ0) is 23.8. The van der Waals surface area contributed by atoms with E-state index in [4.69, 9.17) is 9.84 Å². The Labute approximate surface area is 201 Å². The number of rotatable bonds is 6. The Morgan fingerprint density at radius 3 is 2.71 bits per heavy atom. The van der Waals surface area contributed by atoms with Crippen LogP contribution < -0.4 is 10.1 Å². The molecule has 5 aromatic rings. The van der Waals surface area contributed by atoms with Gasteiger partial charge in [0.05, 0.1) is 18.6 Å². The quantitative estimate of drug-likeness (QED) is 0.393. The first-order chi connectivity index (χ1) is 17.2. The van der Waals surface area contributed by atoms with E-state index in [1.54, 1.807) is 11.0 Å². The van der Waals surface area contributed by atoms with Crippen molar-refractivity contribution in [2.45, 2.75) is 25.7 Å². The number of nitrogens with one attached hydrogen (secondary N) is 2. The molecule has 2 aromatic carbocycles. The smallest absolute Gasteiger partial charge is 0.226 e. The normalized spacial score (nSPS) is 15.1. The first-order valence-corrected chi connectivity index (χ1v) is 11.5. The lowest BCUT2D eigenvalue weighted by atomic mass is 9.86. The summed E-state index contributed by atoms with van der Waals surface area (Å²) in [6.07, 6.45) is 4.20. The maximum Gasteiger partial charge on any atom is 0.226 e. The van der Waals surface area contributed by atoms with Gasteiger partial charge < -0.3 is 15.0 Å². The number of H-pyrrole nitrogens is 1. The van der Waals surface area contributed by atoms with Gasteiger partial charge in [-0.05, 0) is 30.2 Å². The number of fused-ring (bicyclic) bond motifs is 2.